The Labute approximate surface area is 150 Å². The Morgan fingerprint density at radius 2 is 1.92 bits per heavy atom. The predicted molar refractivity (Wildman–Crippen MR) is 92.8 cm³/mol. The van der Waals surface area contributed by atoms with Gasteiger partial charge < -0.3 is 15.0 Å². The minimum absolute atomic E-state index is 0.0963. The second-order valence-electron chi connectivity index (χ2n) is 6.34. The molecule has 3 rings (SSSR count). The molecule has 1 aromatic rings. The molecule has 2 heterocycles. The highest BCUT2D eigenvalue weighted by Gasteiger charge is 2.42. The van der Waals surface area contributed by atoms with Gasteiger partial charge in [0, 0.05) is 10.9 Å². The van der Waals surface area contributed by atoms with Gasteiger partial charge in [0.15, 0.2) is 6.04 Å². The largest absolute Gasteiger partial charge is 0.370 e. The number of carbonyl (C=O) groups is 2. The van der Waals surface area contributed by atoms with Gasteiger partial charge in [-0.3, -0.25) is 9.59 Å². The van der Waals surface area contributed by atoms with Crippen LogP contribution >= 0.6 is 15.9 Å². The minimum atomic E-state index is -0.277. The number of halogens is 1. The Bertz CT molecular complexity index is 587. The molecule has 0 saturated carbocycles. The van der Waals surface area contributed by atoms with Gasteiger partial charge in [-0.15, -0.1) is 0 Å². The normalized spacial score (nSPS) is 22.4. The van der Waals surface area contributed by atoms with Gasteiger partial charge in [0.05, 0.1) is 38.4 Å². The van der Waals surface area contributed by atoms with E-state index >= 15 is 0 Å². The van der Waals surface area contributed by atoms with Crippen molar-refractivity contribution < 1.29 is 24.5 Å². The molecule has 7 heteroatoms. The van der Waals surface area contributed by atoms with Crippen LogP contribution in [0.1, 0.15) is 12.8 Å². The number of anilines is 1. The fraction of sp³-hybridized carbons (Fsp3) is 0.529. The molecule has 2 amide bonds. The molecule has 0 bridgehead atoms. The number of nitrogens with zero attached hydrogens (tertiary/aromatic N) is 1. The van der Waals surface area contributed by atoms with Crippen molar-refractivity contribution in [3.8, 4) is 0 Å². The van der Waals surface area contributed by atoms with Crippen molar-refractivity contribution >= 4 is 33.4 Å². The number of quaternary nitrogens is 2. The van der Waals surface area contributed by atoms with Crippen molar-refractivity contribution in [3.05, 3.63) is 28.7 Å². The number of hydrogen-bond donors (Lipinski definition) is 2. The van der Waals surface area contributed by atoms with Crippen LogP contribution in [-0.2, 0) is 14.3 Å². The fourth-order valence-corrected chi connectivity index (χ4v) is 3.55. The Morgan fingerprint density at radius 1 is 1.21 bits per heavy atom. The molecule has 3 N–H and O–H groups in total. The van der Waals surface area contributed by atoms with Crippen LogP contribution in [0.15, 0.2) is 28.7 Å². The second-order valence-corrected chi connectivity index (χ2v) is 7.26. The summed E-state index contributed by atoms with van der Waals surface area (Å²) in [4.78, 5) is 27.6. The number of imide groups is 1. The quantitative estimate of drug-likeness (QED) is 0.475. The lowest BCUT2D eigenvalue weighted by Gasteiger charge is -2.23. The van der Waals surface area contributed by atoms with Crippen LogP contribution in [0, 0.1) is 0 Å². The third kappa shape index (κ3) is 4.22. The van der Waals surface area contributed by atoms with E-state index in [-0.39, 0.29) is 17.9 Å². The average molecular weight is 398 g/mol. The molecule has 0 unspecified atom stereocenters. The zero-order valence-corrected chi connectivity index (χ0v) is 15.3. The smallest absolute Gasteiger partial charge is 0.292 e. The lowest BCUT2D eigenvalue weighted by molar-refractivity contribution is -0.909. The molecular weight excluding hydrogens is 374 g/mol. The van der Waals surface area contributed by atoms with Crippen molar-refractivity contribution in [1.29, 1.82) is 0 Å². The van der Waals surface area contributed by atoms with Crippen LogP contribution in [0.3, 0.4) is 0 Å². The molecule has 0 aliphatic carbocycles. The summed E-state index contributed by atoms with van der Waals surface area (Å²) in [5.74, 6) is -0.205. The van der Waals surface area contributed by atoms with E-state index in [1.807, 2.05) is 17.4 Å². The zero-order chi connectivity index (χ0) is 16.9. The standard InChI is InChI=1S/C17H22BrN3O3/c18-13-2-4-14(5-3-13)21-16(22)12-15(17(21)23)19-6-1-7-20-8-10-24-11-9-20/h2-5,15,19H,1,6-12H2/p+2/t15-/m0/s1. The maximum atomic E-state index is 12.5. The van der Waals surface area contributed by atoms with Crippen molar-refractivity contribution in [2.24, 2.45) is 0 Å². The van der Waals surface area contributed by atoms with Gasteiger partial charge in [0.2, 0.25) is 5.91 Å². The van der Waals surface area contributed by atoms with E-state index in [9.17, 15) is 9.59 Å². The van der Waals surface area contributed by atoms with E-state index in [2.05, 4.69) is 15.9 Å². The van der Waals surface area contributed by atoms with Crippen molar-refractivity contribution in [1.82, 2.24) is 0 Å². The SMILES string of the molecule is O=C1C[C@H]([NH2+]CCC[NH+]2CCOCC2)C(=O)N1c1ccc(Br)cc1. The van der Waals surface area contributed by atoms with Crippen LogP contribution < -0.4 is 15.1 Å². The number of nitrogens with one attached hydrogen (secondary N) is 1. The van der Waals surface area contributed by atoms with Gasteiger partial charge in [0.25, 0.3) is 5.91 Å². The predicted octanol–water partition coefficient (Wildman–Crippen LogP) is -1.05. The third-order valence-electron chi connectivity index (χ3n) is 4.65. The molecule has 1 atom stereocenters. The number of nitrogens with two attached hydrogens (primary N) is 1. The summed E-state index contributed by atoms with van der Waals surface area (Å²) in [5, 5.41) is 2.03. The molecule has 24 heavy (non-hydrogen) atoms. The van der Waals surface area contributed by atoms with E-state index in [1.54, 1.807) is 17.0 Å². The first-order valence-electron chi connectivity index (χ1n) is 8.52. The van der Waals surface area contributed by atoms with Crippen molar-refractivity contribution in [3.63, 3.8) is 0 Å². The van der Waals surface area contributed by atoms with E-state index in [0.717, 1.165) is 50.3 Å². The van der Waals surface area contributed by atoms with E-state index in [0.29, 0.717) is 12.1 Å². The molecular formula is C17H24BrN3O3+2. The van der Waals surface area contributed by atoms with Crippen LogP contribution in [0.25, 0.3) is 0 Å². The first kappa shape index (κ1) is 17.5. The molecule has 2 saturated heterocycles. The number of ether oxygens (including phenoxy) is 1. The number of amides is 2. The summed E-state index contributed by atoms with van der Waals surface area (Å²) in [6.45, 7) is 5.80. The monoisotopic (exact) mass is 397 g/mol. The van der Waals surface area contributed by atoms with Gasteiger partial charge in [-0.25, -0.2) is 4.90 Å². The van der Waals surface area contributed by atoms with Crippen LogP contribution in [0.5, 0.6) is 0 Å². The van der Waals surface area contributed by atoms with Gasteiger partial charge >= 0.3 is 0 Å². The number of benzene rings is 1. The molecule has 0 aromatic heterocycles. The third-order valence-corrected chi connectivity index (χ3v) is 5.18. The van der Waals surface area contributed by atoms with Gasteiger partial charge in [-0.1, -0.05) is 15.9 Å². The molecule has 2 aliphatic rings. The minimum Gasteiger partial charge on any atom is -0.370 e. The Morgan fingerprint density at radius 3 is 2.62 bits per heavy atom. The zero-order valence-electron chi connectivity index (χ0n) is 13.7. The molecule has 1 aromatic carbocycles. The average Bonchev–Trinajstić information content (AvgIpc) is 2.88. The Kier molecular flexibility index (Phi) is 5.99. The summed E-state index contributed by atoms with van der Waals surface area (Å²) in [7, 11) is 0. The summed E-state index contributed by atoms with van der Waals surface area (Å²) < 4.78 is 6.28. The number of carbonyl (C=O) groups excluding carboxylic acids is 2. The lowest BCUT2D eigenvalue weighted by Crippen LogP contribution is -3.14. The van der Waals surface area contributed by atoms with Crippen molar-refractivity contribution in [2.45, 2.75) is 18.9 Å². The summed E-state index contributed by atoms with van der Waals surface area (Å²) in [5.41, 5.74) is 0.655. The summed E-state index contributed by atoms with van der Waals surface area (Å²) >= 11 is 3.37. The van der Waals surface area contributed by atoms with Crippen LogP contribution in [-0.4, -0.2) is 57.2 Å². The van der Waals surface area contributed by atoms with Crippen molar-refractivity contribution in [2.75, 3.05) is 44.3 Å². The molecule has 6 nitrogen and oxygen atoms in total. The van der Waals surface area contributed by atoms with E-state index in [4.69, 9.17) is 4.74 Å². The maximum absolute atomic E-state index is 12.5. The van der Waals surface area contributed by atoms with Gasteiger partial charge in [0.1, 0.15) is 13.1 Å². The summed E-state index contributed by atoms with van der Waals surface area (Å²) in [6, 6.07) is 7.00. The molecule has 0 spiro atoms. The van der Waals surface area contributed by atoms with Crippen LogP contribution in [0.4, 0.5) is 5.69 Å². The van der Waals surface area contributed by atoms with Gasteiger partial charge in [-0.2, -0.15) is 0 Å². The van der Waals surface area contributed by atoms with Gasteiger partial charge in [-0.05, 0) is 24.3 Å². The highest BCUT2D eigenvalue weighted by atomic mass is 79.9. The number of hydrogen-bond acceptors (Lipinski definition) is 3. The highest BCUT2D eigenvalue weighted by Crippen LogP contribution is 2.23. The molecule has 2 fully saturated rings. The molecule has 0 radical (unpaired) electrons. The lowest BCUT2D eigenvalue weighted by atomic mass is 10.2. The van der Waals surface area contributed by atoms with Crippen LogP contribution in [0.2, 0.25) is 0 Å². The Hall–Kier alpha value is -1.28. The molecule has 2 aliphatic heterocycles. The Balaban J connectivity index is 1.48. The number of morpholine rings is 1. The highest BCUT2D eigenvalue weighted by molar-refractivity contribution is 9.10. The first-order valence-corrected chi connectivity index (χ1v) is 9.31. The molecule has 130 valence electrons. The fourth-order valence-electron chi connectivity index (χ4n) is 3.28. The maximum Gasteiger partial charge on any atom is 0.292 e. The number of rotatable bonds is 6. The van der Waals surface area contributed by atoms with E-state index < -0.39 is 0 Å². The second kappa shape index (κ2) is 8.20. The first-order chi connectivity index (χ1) is 11.6. The van der Waals surface area contributed by atoms with E-state index in [1.165, 1.54) is 4.90 Å². The summed E-state index contributed by atoms with van der Waals surface area (Å²) in [6.07, 6.45) is 1.34. The topological polar surface area (TPSA) is 67.7 Å².